The molecule has 1 atom stereocenters. The highest BCUT2D eigenvalue weighted by molar-refractivity contribution is 5.76. The first-order valence-electron chi connectivity index (χ1n) is 7.16. The minimum absolute atomic E-state index is 0.0444. The summed E-state index contributed by atoms with van der Waals surface area (Å²) in [7, 11) is 3.55. The van der Waals surface area contributed by atoms with E-state index in [0.717, 1.165) is 24.3 Å². The molecule has 0 aliphatic heterocycles. The van der Waals surface area contributed by atoms with Crippen LogP contribution >= 0.6 is 0 Å². The number of methoxy groups -OCH3 is 1. The highest BCUT2D eigenvalue weighted by atomic mass is 16.5. The second kappa shape index (κ2) is 8.59. The van der Waals surface area contributed by atoms with Crippen LogP contribution in [0.15, 0.2) is 24.3 Å². The molecule has 0 fully saturated rings. The van der Waals surface area contributed by atoms with Crippen molar-refractivity contribution < 1.29 is 9.53 Å². The van der Waals surface area contributed by atoms with Gasteiger partial charge in [-0.25, -0.2) is 0 Å². The van der Waals surface area contributed by atoms with Crippen molar-refractivity contribution >= 4 is 5.91 Å². The number of carbonyl (C=O) groups is 1. The van der Waals surface area contributed by atoms with E-state index in [1.165, 1.54) is 0 Å². The number of rotatable bonds is 8. The molecule has 0 aliphatic carbocycles. The van der Waals surface area contributed by atoms with E-state index in [4.69, 9.17) is 4.74 Å². The van der Waals surface area contributed by atoms with E-state index in [-0.39, 0.29) is 11.9 Å². The van der Waals surface area contributed by atoms with E-state index in [1.807, 2.05) is 31.3 Å². The normalized spacial score (nSPS) is 12.2. The largest absolute Gasteiger partial charge is 0.497 e. The van der Waals surface area contributed by atoms with Gasteiger partial charge in [-0.2, -0.15) is 0 Å². The van der Waals surface area contributed by atoms with Crippen LogP contribution in [0, 0.1) is 5.92 Å². The molecule has 2 N–H and O–H groups in total. The van der Waals surface area contributed by atoms with Crippen LogP contribution in [-0.2, 0) is 4.79 Å². The molecule has 0 saturated heterocycles. The van der Waals surface area contributed by atoms with Gasteiger partial charge in [0.25, 0.3) is 0 Å². The summed E-state index contributed by atoms with van der Waals surface area (Å²) in [4.78, 5) is 12.0. The van der Waals surface area contributed by atoms with Gasteiger partial charge < -0.3 is 15.4 Å². The molecule has 0 aliphatic rings. The van der Waals surface area contributed by atoms with Gasteiger partial charge in [0.2, 0.25) is 5.91 Å². The van der Waals surface area contributed by atoms with Crippen molar-refractivity contribution in [2.24, 2.45) is 5.92 Å². The van der Waals surface area contributed by atoms with Crippen molar-refractivity contribution in [2.75, 3.05) is 20.7 Å². The fraction of sp³-hybridized carbons (Fsp3) is 0.562. The smallest absolute Gasteiger partial charge is 0.220 e. The minimum Gasteiger partial charge on any atom is -0.497 e. The maximum atomic E-state index is 12.0. The standard InChI is InChI=1S/C16H26N2O2/c1-12(2)16(18-15(19)6-5-11-17-3)13-7-9-14(20-4)10-8-13/h7-10,12,16-17H,5-6,11H2,1-4H3,(H,18,19). The Labute approximate surface area is 121 Å². The molecule has 0 heterocycles. The highest BCUT2D eigenvalue weighted by Crippen LogP contribution is 2.24. The van der Waals surface area contributed by atoms with Crippen molar-refractivity contribution in [3.63, 3.8) is 0 Å². The van der Waals surface area contributed by atoms with Crippen LogP contribution in [0.1, 0.15) is 38.3 Å². The van der Waals surface area contributed by atoms with Gasteiger partial charge in [-0.3, -0.25) is 4.79 Å². The maximum absolute atomic E-state index is 12.0. The molecule has 112 valence electrons. The summed E-state index contributed by atoms with van der Waals surface area (Å²) in [6.07, 6.45) is 1.41. The molecular weight excluding hydrogens is 252 g/mol. The monoisotopic (exact) mass is 278 g/mol. The molecule has 0 radical (unpaired) electrons. The third-order valence-electron chi connectivity index (χ3n) is 3.29. The Hall–Kier alpha value is -1.55. The van der Waals surface area contributed by atoms with Crippen molar-refractivity contribution in [1.29, 1.82) is 0 Å². The molecule has 1 aromatic carbocycles. The summed E-state index contributed by atoms with van der Waals surface area (Å²) in [5.41, 5.74) is 1.11. The molecule has 1 rings (SSSR count). The van der Waals surface area contributed by atoms with Crippen LogP contribution in [0.3, 0.4) is 0 Å². The van der Waals surface area contributed by atoms with Crippen molar-refractivity contribution in [3.8, 4) is 5.75 Å². The molecule has 0 saturated carbocycles. The molecule has 1 aromatic rings. The van der Waals surface area contributed by atoms with Crippen molar-refractivity contribution in [3.05, 3.63) is 29.8 Å². The maximum Gasteiger partial charge on any atom is 0.220 e. The number of hydrogen-bond donors (Lipinski definition) is 2. The Morgan fingerprint density at radius 2 is 1.90 bits per heavy atom. The summed E-state index contributed by atoms with van der Waals surface area (Å²) in [6.45, 7) is 5.09. The Kier molecular flexibility index (Phi) is 7.09. The summed E-state index contributed by atoms with van der Waals surface area (Å²) in [5.74, 6) is 1.28. The van der Waals surface area contributed by atoms with E-state index in [0.29, 0.717) is 12.3 Å². The van der Waals surface area contributed by atoms with Gasteiger partial charge in [0.15, 0.2) is 0 Å². The molecule has 1 unspecified atom stereocenters. The Morgan fingerprint density at radius 3 is 2.40 bits per heavy atom. The van der Waals surface area contributed by atoms with Gasteiger partial charge in [0.1, 0.15) is 5.75 Å². The lowest BCUT2D eigenvalue weighted by atomic mass is 9.95. The molecule has 0 bridgehead atoms. The predicted octanol–water partition coefficient (Wildman–Crippen LogP) is 2.51. The van der Waals surface area contributed by atoms with Gasteiger partial charge in [-0.1, -0.05) is 26.0 Å². The fourth-order valence-corrected chi connectivity index (χ4v) is 2.12. The topological polar surface area (TPSA) is 50.4 Å². The zero-order chi connectivity index (χ0) is 15.0. The fourth-order valence-electron chi connectivity index (χ4n) is 2.12. The van der Waals surface area contributed by atoms with E-state index in [1.54, 1.807) is 7.11 Å². The van der Waals surface area contributed by atoms with Crippen molar-refractivity contribution in [1.82, 2.24) is 10.6 Å². The van der Waals surface area contributed by atoms with Gasteiger partial charge in [-0.15, -0.1) is 0 Å². The third-order valence-corrected chi connectivity index (χ3v) is 3.29. The lowest BCUT2D eigenvalue weighted by Gasteiger charge is -2.23. The zero-order valence-electron chi connectivity index (χ0n) is 12.9. The van der Waals surface area contributed by atoms with Gasteiger partial charge >= 0.3 is 0 Å². The highest BCUT2D eigenvalue weighted by Gasteiger charge is 2.18. The zero-order valence-corrected chi connectivity index (χ0v) is 12.9. The van der Waals surface area contributed by atoms with Crippen LogP contribution < -0.4 is 15.4 Å². The predicted molar refractivity (Wildman–Crippen MR) is 81.9 cm³/mol. The van der Waals surface area contributed by atoms with Crippen LogP contribution in [0.25, 0.3) is 0 Å². The molecular formula is C16H26N2O2. The number of ether oxygens (including phenoxy) is 1. The molecule has 20 heavy (non-hydrogen) atoms. The lowest BCUT2D eigenvalue weighted by molar-refractivity contribution is -0.122. The lowest BCUT2D eigenvalue weighted by Crippen LogP contribution is -2.32. The van der Waals surface area contributed by atoms with Gasteiger partial charge in [0, 0.05) is 6.42 Å². The third kappa shape index (κ3) is 5.21. The minimum atomic E-state index is 0.0444. The van der Waals surface area contributed by atoms with Crippen LogP contribution in [-0.4, -0.2) is 26.6 Å². The summed E-state index contributed by atoms with van der Waals surface area (Å²) in [5, 5.41) is 6.17. The van der Waals surface area contributed by atoms with Crippen molar-refractivity contribution in [2.45, 2.75) is 32.7 Å². The second-order valence-electron chi connectivity index (χ2n) is 5.27. The first-order chi connectivity index (χ1) is 9.58. The number of nitrogens with one attached hydrogen (secondary N) is 2. The molecule has 4 nitrogen and oxygen atoms in total. The number of amides is 1. The van der Waals surface area contributed by atoms with Gasteiger partial charge in [0.05, 0.1) is 13.2 Å². The van der Waals surface area contributed by atoms with Crippen LogP contribution in [0.5, 0.6) is 5.75 Å². The van der Waals surface area contributed by atoms with Gasteiger partial charge in [-0.05, 0) is 43.6 Å². The average molecular weight is 278 g/mol. The molecule has 0 spiro atoms. The van der Waals surface area contributed by atoms with Crippen LogP contribution in [0.2, 0.25) is 0 Å². The molecule has 1 amide bonds. The Balaban J connectivity index is 2.65. The SMILES string of the molecule is CNCCCC(=O)NC(c1ccc(OC)cc1)C(C)C. The quantitative estimate of drug-likeness (QED) is 0.718. The first-order valence-corrected chi connectivity index (χ1v) is 7.16. The molecule has 4 heteroatoms. The summed E-state index contributed by atoms with van der Waals surface area (Å²) >= 11 is 0. The van der Waals surface area contributed by atoms with E-state index in [2.05, 4.69) is 24.5 Å². The number of carbonyl (C=O) groups excluding carboxylic acids is 1. The number of benzene rings is 1. The van der Waals surface area contributed by atoms with E-state index in [9.17, 15) is 4.79 Å². The summed E-state index contributed by atoms with van der Waals surface area (Å²) < 4.78 is 5.16. The average Bonchev–Trinajstić information content (AvgIpc) is 2.45. The number of hydrogen-bond acceptors (Lipinski definition) is 3. The molecule has 0 aromatic heterocycles. The summed E-state index contributed by atoms with van der Waals surface area (Å²) in [6, 6.07) is 7.92. The second-order valence-corrected chi connectivity index (χ2v) is 5.27. The van der Waals surface area contributed by atoms with E-state index >= 15 is 0 Å². The van der Waals surface area contributed by atoms with E-state index < -0.39 is 0 Å². The Morgan fingerprint density at radius 1 is 1.25 bits per heavy atom. The first kappa shape index (κ1) is 16.5. The van der Waals surface area contributed by atoms with Crippen LogP contribution in [0.4, 0.5) is 0 Å². The Bertz CT molecular complexity index is 401.